The predicted octanol–water partition coefficient (Wildman–Crippen LogP) is 12.2. The summed E-state index contributed by atoms with van der Waals surface area (Å²) >= 11 is 0. The van der Waals surface area contributed by atoms with Gasteiger partial charge < -0.3 is 65.1 Å². The first kappa shape index (κ1) is 72.8. The number of amides is 1. The summed E-state index contributed by atoms with van der Waals surface area (Å²) in [6.45, 7) is 2.76. The monoisotopic (exact) mass is 1110 g/mol. The predicted molar refractivity (Wildman–Crippen MR) is 314 cm³/mol. The molecule has 0 aromatic carbocycles. The molecule has 2 heterocycles. The van der Waals surface area contributed by atoms with E-state index in [1.54, 1.807) is 6.08 Å². The normalized spacial score (nSPS) is 24.5. The average Bonchev–Trinajstić information content (AvgIpc) is 3.46. The van der Waals surface area contributed by atoms with Crippen molar-refractivity contribution in [2.45, 2.75) is 370 Å². The molecule has 0 bridgehead atoms. The van der Waals surface area contributed by atoms with Gasteiger partial charge in [-0.3, -0.25) is 4.79 Å². The number of carbonyl (C=O) groups excluding carboxylic acids is 1. The van der Waals surface area contributed by atoms with Crippen LogP contribution in [-0.2, 0) is 23.7 Å². The zero-order chi connectivity index (χ0) is 56.7. The molecule has 0 aliphatic carbocycles. The van der Waals surface area contributed by atoms with Crippen LogP contribution in [-0.4, -0.2) is 140 Å². The molecule has 0 aromatic rings. The van der Waals surface area contributed by atoms with Crippen LogP contribution in [0.4, 0.5) is 0 Å². The molecule has 12 atom stereocenters. The number of nitrogens with one attached hydrogen (secondary N) is 1. The molecule has 9 N–H and O–H groups in total. The van der Waals surface area contributed by atoms with E-state index in [0.717, 1.165) is 51.4 Å². The van der Waals surface area contributed by atoms with Gasteiger partial charge in [-0.05, 0) is 19.3 Å². The molecule has 462 valence electrons. The highest BCUT2D eigenvalue weighted by atomic mass is 16.7. The fourth-order valence-electron chi connectivity index (χ4n) is 11.2. The molecular weight excluding hydrogens is 991 g/mol. The smallest absolute Gasteiger partial charge is 0.220 e. The Morgan fingerprint density at radius 3 is 1.18 bits per heavy atom. The summed E-state index contributed by atoms with van der Waals surface area (Å²) in [6.07, 6.45) is 43.5. The molecule has 14 heteroatoms. The van der Waals surface area contributed by atoms with Crippen LogP contribution in [0.3, 0.4) is 0 Å². The van der Waals surface area contributed by atoms with Gasteiger partial charge in [-0.25, -0.2) is 0 Å². The van der Waals surface area contributed by atoms with Gasteiger partial charge in [0.25, 0.3) is 0 Å². The van der Waals surface area contributed by atoms with Gasteiger partial charge in [-0.2, -0.15) is 0 Å². The zero-order valence-corrected chi connectivity index (χ0v) is 49.9. The molecule has 2 saturated heterocycles. The van der Waals surface area contributed by atoms with E-state index < -0.39 is 86.8 Å². The molecule has 0 spiro atoms. The second-order valence-electron chi connectivity index (χ2n) is 23.6. The molecule has 1 amide bonds. The lowest BCUT2D eigenvalue weighted by molar-refractivity contribution is -0.359. The number of aliphatic hydroxyl groups excluding tert-OH is 8. The number of allylic oxidation sites excluding steroid dienone is 1. The van der Waals surface area contributed by atoms with Crippen molar-refractivity contribution in [2.24, 2.45) is 0 Å². The quantitative estimate of drug-likeness (QED) is 0.0204. The Morgan fingerprint density at radius 1 is 0.449 bits per heavy atom. The SMILES string of the molecule is CCCCCCC/C=C/C(O)C(COC1OC(CO)C(OC2OC(CO)C(O)C(O)C2O)C(O)C1O)NC(=O)CCCCCCCCCCCCCCCCCCCCCCCCCCCCCCCCCCCCCCC. The summed E-state index contributed by atoms with van der Waals surface area (Å²) in [6, 6.07) is -0.907. The van der Waals surface area contributed by atoms with E-state index >= 15 is 0 Å². The fraction of sp³-hybridized carbons (Fsp3) is 0.953. The van der Waals surface area contributed by atoms with E-state index in [1.807, 2.05) is 6.08 Å². The third kappa shape index (κ3) is 35.0. The van der Waals surface area contributed by atoms with Crippen LogP contribution in [0.25, 0.3) is 0 Å². The van der Waals surface area contributed by atoms with Gasteiger partial charge >= 0.3 is 0 Å². The summed E-state index contributed by atoms with van der Waals surface area (Å²) in [5.41, 5.74) is 0. The first-order chi connectivity index (χ1) is 38.1. The second kappa shape index (κ2) is 50.3. The Morgan fingerprint density at radius 2 is 0.795 bits per heavy atom. The van der Waals surface area contributed by atoms with E-state index in [0.29, 0.717) is 6.42 Å². The average molecular weight is 1110 g/mol. The maximum Gasteiger partial charge on any atom is 0.220 e. The minimum Gasteiger partial charge on any atom is -0.394 e. The summed E-state index contributed by atoms with van der Waals surface area (Å²) in [7, 11) is 0. The van der Waals surface area contributed by atoms with E-state index in [1.165, 1.54) is 218 Å². The summed E-state index contributed by atoms with van der Waals surface area (Å²) in [5, 5.41) is 86.7. The minimum atomic E-state index is -1.78. The highest BCUT2D eigenvalue weighted by Crippen LogP contribution is 2.30. The first-order valence-corrected chi connectivity index (χ1v) is 32.9. The summed E-state index contributed by atoms with van der Waals surface area (Å²) < 4.78 is 22.7. The van der Waals surface area contributed by atoms with Gasteiger partial charge in [0.05, 0.1) is 32.0 Å². The Balaban J connectivity index is 1.49. The van der Waals surface area contributed by atoms with Gasteiger partial charge in [0.15, 0.2) is 12.6 Å². The van der Waals surface area contributed by atoms with Crippen molar-refractivity contribution in [1.29, 1.82) is 0 Å². The molecule has 2 aliphatic heterocycles. The highest BCUT2D eigenvalue weighted by molar-refractivity contribution is 5.76. The largest absolute Gasteiger partial charge is 0.394 e. The van der Waals surface area contributed by atoms with Gasteiger partial charge in [0.2, 0.25) is 5.91 Å². The van der Waals surface area contributed by atoms with E-state index in [2.05, 4.69) is 19.2 Å². The summed E-state index contributed by atoms with van der Waals surface area (Å²) in [4.78, 5) is 13.2. The van der Waals surface area contributed by atoms with E-state index in [-0.39, 0.29) is 18.9 Å². The Kier molecular flexibility index (Phi) is 46.9. The molecule has 2 rings (SSSR count). The lowest BCUT2D eigenvalue weighted by Crippen LogP contribution is -2.65. The van der Waals surface area contributed by atoms with Gasteiger partial charge in [0.1, 0.15) is 48.8 Å². The zero-order valence-electron chi connectivity index (χ0n) is 49.9. The van der Waals surface area contributed by atoms with Gasteiger partial charge in [-0.15, -0.1) is 0 Å². The third-order valence-electron chi connectivity index (χ3n) is 16.5. The van der Waals surface area contributed by atoms with E-state index in [4.69, 9.17) is 18.9 Å². The lowest BCUT2D eigenvalue weighted by Gasteiger charge is -2.46. The van der Waals surface area contributed by atoms with Gasteiger partial charge in [-0.1, -0.05) is 283 Å². The van der Waals surface area contributed by atoms with Crippen molar-refractivity contribution in [2.75, 3.05) is 19.8 Å². The number of ether oxygens (including phenoxy) is 4. The molecule has 12 unspecified atom stereocenters. The van der Waals surface area contributed by atoms with Crippen molar-refractivity contribution in [3.63, 3.8) is 0 Å². The molecule has 78 heavy (non-hydrogen) atoms. The molecule has 14 nitrogen and oxygen atoms in total. The number of aliphatic hydroxyl groups is 8. The Bertz CT molecular complexity index is 1360. The van der Waals surface area contributed by atoms with Crippen molar-refractivity contribution in [3.8, 4) is 0 Å². The number of hydrogen-bond acceptors (Lipinski definition) is 13. The molecule has 2 aliphatic rings. The van der Waals surface area contributed by atoms with E-state index in [9.17, 15) is 45.6 Å². The van der Waals surface area contributed by atoms with Crippen molar-refractivity contribution < 1.29 is 64.6 Å². The van der Waals surface area contributed by atoms with Crippen molar-refractivity contribution >= 4 is 5.91 Å². The number of rotatable bonds is 54. The molecule has 0 aromatic heterocycles. The van der Waals surface area contributed by atoms with Crippen LogP contribution in [0, 0.1) is 0 Å². The van der Waals surface area contributed by atoms with Crippen molar-refractivity contribution in [1.82, 2.24) is 5.32 Å². The molecule has 0 saturated carbocycles. The Hall–Kier alpha value is -1.27. The molecular formula is C64H123NO13. The minimum absolute atomic E-state index is 0.238. The standard InChI is InChI=1S/C64H123NO13/c1-3-5-7-9-11-12-13-14-15-16-17-18-19-20-21-22-23-24-25-26-27-28-29-30-31-32-33-34-35-36-37-38-39-40-42-44-46-48-56(69)65-52(53(68)47-45-43-41-10-8-6-4-2)51-75-63-61(74)59(72)62(55(50-67)77-63)78-64-60(73)58(71)57(70)54(49-66)76-64/h45,47,52-55,57-64,66-68,70-74H,3-44,46,48-51H2,1-2H3,(H,65,69)/b47-45+. The van der Waals surface area contributed by atoms with Gasteiger partial charge in [0, 0.05) is 6.42 Å². The topological polar surface area (TPSA) is 228 Å². The highest BCUT2D eigenvalue weighted by Gasteiger charge is 2.51. The Labute approximate surface area is 476 Å². The second-order valence-corrected chi connectivity index (χ2v) is 23.6. The van der Waals surface area contributed by atoms with Crippen LogP contribution in [0.15, 0.2) is 12.2 Å². The van der Waals surface area contributed by atoms with Crippen LogP contribution in [0.2, 0.25) is 0 Å². The number of carbonyl (C=O) groups is 1. The van der Waals surface area contributed by atoms with Crippen LogP contribution in [0.1, 0.15) is 296 Å². The van der Waals surface area contributed by atoms with Crippen LogP contribution >= 0.6 is 0 Å². The lowest BCUT2D eigenvalue weighted by atomic mass is 9.97. The summed E-state index contributed by atoms with van der Waals surface area (Å²) in [5.74, 6) is -0.238. The number of hydrogen-bond donors (Lipinski definition) is 9. The van der Waals surface area contributed by atoms with Crippen LogP contribution < -0.4 is 5.32 Å². The van der Waals surface area contributed by atoms with Crippen LogP contribution in [0.5, 0.6) is 0 Å². The number of unbranched alkanes of at least 4 members (excludes halogenated alkanes) is 41. The third-order valence-corrected chi connectivity index (χ3v) is 16.5. The maximum atomic E-state index is 13.2. The molecule has 2 fully saturated rings. The fourth-order valence-corrected chi connectivity index (χ4v) is 11.2. The molecule has 0 radical (unpaired) electrons. The first-order valence-electron chi connectivity index (χ1n) is 32.9. The maximum absolute atomic E-state index is 13.2. The van der Waals surface area contributed by atoms with Crippen molar-refractivity contribution in [3.05, 3.63) is 12.2 Å².